The molecule has 20 rings (SSSR count). The fraction of sp³-hybridized carbons (Fsp3) is 0.0805. The average Bonchev–Trinajstić information content (AvgIpc) is 1.60. The highest BCUT2D eigenvalue weighted by molar-refractivity contribution is 5.82. The van der Waals surface area contributed by atoms with Crippen molar-refractivity contribution >= 4 is 66.2 Å². The predicted octanol–water partition coefficient (Wildman–Crippen LogP) is 17.9. The summed E-state index contributed by atoms with van der Waals surface area (Å²) in [7, 11) is 0. The monoisotopic (exact) mass is 1410 g/mol. The van der Waals surface area contributed by atoms with Gasteiger partial charge in [-0.25, -0.2) is 4.39 Å². The number of hydrogen-bond acceptors (Lipinski definition) is 16. The summed E-state index contributed by atoms with van der Waals surface area (Å²) in [6.45, 7) is 6.39. The molecular formula is C87H65FN20. The number of halogens is 1. The van der Waals surface area contributed by atoms with Crippen LogP contribution < -0.4 is 0 Å². The summed E-state index contributed by atoms with van der Waals surface area (Å²) in [6.07, 6.45) is 5.71. The first-order valence-electron chi connectivity index (χ1n) is 35.3. The predicted molar refractivity (Wildman–Crippen MR) is 417 cm³/mol. The topological polar surface area (TPSA) is 224 Å². The van der Waals surface area contributed by atoms with Gasteiger partial charge >= 0.3 is 0 Å². The van der Waals surface area contributed by atoms with Gasteiger partial charge < -0.3 is 0 Å². The Hall–Kier alpha value is -14.5. The zero-order chi connectivity index (χ0) is 72.9. The number of pyridine rings is 4. The van der Waals surface area contributed by atoms with Crippen LogP contribution in [0.5, 0.6) is 0 Å². The lowest BCUT2D eigenvalue weighted by Crippen LogP contribution is -2.05. The van der Waals surface area contributed by atoms with E-state index in [9.17, 15) is 0 Å². The SMILES string of the molecule is C[C@@H](c1ccc2ncccc2c1)c1nnc2ccc(-c3ccccc3)nn12.C[C@H](c1ccc2ncccc2c1)c1nnc2ccc(-c3ccccc3)nn12.C[C@H](c1ccc2ncccc2c1)c1nnc2ccc(-c3ccccc3)nn12.F[C@@H](c1ccc2ncccc2c1)c1nnc2ccc(-c3ccccc3)nn12. The van der Waals surface area contributed by atoms with Crippen LogP contribution in [0.3, 0.4) is 0 Å². The molecule has 0 N–H and O–H groups in total. The van der Waals surface area contributed by atoms with Crippen LogP contribution in [0.1, 0.15) is 90.2 Å². The Morgan fingerprint density at radius 2 is 0.491 bits per heavy atom. The molecule has 0 saturated carbocycles. The summed E-state index contributed by atoms with van der Waals surface area (Å²) in [5, 5.41) is 57.4. The minimum atomic E-state index is -1.44. The van der Waals surface area contributed by atoms with Crippen molar-refractivity contribution in [2.75, 3.05) is 0 Å². The lowest BCUT2D eigenvalue weighted by atomic mass is 9.98. The first-order chi connectivity index (χ1) is 53.2. The summed E-state index contributed by atoms with van der Waals surface area (Å²) in [5.74, 6) is 2.81. The molecule has 0 saturated heterocycles. The van der Waals surface area contributed by atoms with Crippen molar-refractivity contribution in [3.63, 3.8) is 0 Å². The molecule has 20 nitrogen and oxygen atoms in total. The van der Waals surface area contributed by atoms with E-state index in [0.717, 1.165) is 140 Å². The Morgan fingerprint density at radius 3 is 0.778 bits per heavy atom. The Balaban J connectivity index is 0.000000105. The minimum Gasteiger partial charge on any atom is -0.256 e. The molecule has 0 radical (unpaired) electrons. The first kappa shape index (κ1) is 66.7. The summed E-state index contributed by atoms with van der Waals surface area (Å²) >= 11 is 0. The Labute approximate surface area is 617 Å². The molecule has 4 atom stereocenters. The maximum absolute atomic E-state index is 15.3. The second kappa shape index (κ2) is 29.7. The lowest BCUT2D eigenvalue weighted by Gasteiger charge is -2.11. The van der Waals surface area contributed by atoms with Crippen molar-refractivity contribution in [2.45, 2.75) is 44.7 Å². The minimum absolute atomic E-state index is 0.0585. The number of rotatable bonds is 12. The molecule has 0 bridgehead atoms. The van der Waals surface area contributed by atoms with Gasteiger partial charge in [0.15, 0.2) is 52.1 Å². The first-order valence-corrected chi connectivity index (χ1v) is 35.3. The number of nitrogens with zero attached hydrogens (tertiary/aromatic N) is 20. The second-order valence-corrected chi connectivity index (χ2v) is 26.0. The molecule has 0 aliphatic carbocycles. The molecule has 0 aliphatic heterocycles. The van der Waals surface area contributed by atoms with Gasteiger partial charge in [0.2, 0.25) is 0 Å². The summed E-state index contributed by atoms with van der Waals surface area (Å²) in [5.41, 5.74) is 18.1. The van der Waals surface area contributed by atoms with Gasteiger partial charge in [-0.15, -0.1) is 40.8 Å². The van der Waals surface area contributed by atoms with E-state index in [2.05, 4.69) is 178 Å². The van der Waals surface area contributed by atoms with Gasteiger partial charge in [0, 0.05) is 86.3 Å². The number of aromatic nitrogens is 20. The van der Waals surface area contributed by atoms with Crippen LogP contribution in [0.15, 0.2) is 316 Å². The van der Waals surface area contributed by atoms with E-state index in [-0.39, 0.29) is 23.6 Å². The van der Waals surface area contributed by atoms with Gasteiger partial charge in [-0.2, -0.15) is 38.5 Å². The third-order valence-electron chi connectivity index (χ3n) is 19.1. The van der Waals surface area contributed by atoms with Crippen molar-refractivity contribution in [3.05, 3.63) is 362 Å². The third kappa shape index (κ3) is 13.8. The third-order valence-corrected chi connectivity index (χ3v) is 19.1. The molecule has 0 unspecified atom stereocenters. The highest BCUT2D eigenvalue weighted by Crippen LogP contribution is 2.33. The molecule has 0 aliphatic rings. The molecule has 12 heterocycles. The zero-order valence-corrected chi connectivity index (χ0v) is 58.7. The number of alkyl halides is 1. The van der Waals surface area contributed by atoms with Crippen molar-refractivity contribution in [2.24, 2.45) is 0 Å². The van der Waals surface area contributed by atoms with Crippen LogP contribution in [-0.2, 0) is 0 Å². The van der Waals surface area contributed by atoms with Crippen LogP contribution in [0.2, 0.25) is 0 Å². The van der Waals surface area contributed by atoms with E-state index >= 15 is 4.39 Å². The van der Waals surface area contributed by atoms with E-state index in [1.165, 1.54) is 4.52 Å². The Kier molecular flexibility index (Phi) is 18.4. The summed E-state index contributed by atoms with van der Waals surface area (Å²) in [6, 6.07) is 95.7. The Bertz CT molecular complexity index is 5780. The highest BCUT2D eigenvalue weighted by Gasteiger charge is 2.24. The number of hydrogen-bond donors (Lipinski definition) is 0. The van der Waals surface area contributed by atoms with Gasteiger partial charge in [0.05, 0.1) is 44.8 Å². The standard InChI is InChI=1S/3C22H17N5.C21H14FN5/c3*1-15(17-9-10-19-18(14-17)8-5-13-23-19)22-25-24-21-12-11-20(26-27(21)22)16-6-3-2-4-7-16;22-20(16-8-9-17-15(13-16)7-4-12-23-17)21-25-24-19-11-10-18(26-27(19)21)14-5-2-1-3-6-14/h3*2-15H,1H3;1-13,20H/t3*15-;20-/m1100/s1. The fourth-order valence-corrected chi connectivity index (χ4v) is 13.2. The van der Waals surface area contributed by atoms with E-state index in [0.29, 0.717) is 11.2 Å². The molecule has 21 heteroatoms. The van der Waals surface area contributed by atoms with Gasteiger partial charge in [0.1, 0.15) is 0 Å². The maximum atomic E-state index is 15.3. The van der Waals surface area contributed by atoms with Crippen molar-refractivity contribution < 1.29 is 4.39 Å². The highest BCUT2D eigenvalue weighted by atomic mass is 19.1. The van der Waals surface area contributed by atoms with Crippen molar-refractivity contribution in [1.82, 2.24) is 99.2 Å². The van der Waals surface area contributed by atoms with Crippen LogP contribution in [-0.4, -0.2) is 99.2 Å². The van der Waals surface area contributed by atoms with E-state index in [4.69, 9.17) is 15.3 Å². The molecule has 0 amide bonds. The second-order valence-electron chi connectivity index (χ2n) is 26.0. The van der Waals surface area contributed by atoms with Crippen molar-refractivity contribution in [3.8, 4) is 45.0 Å². The van der Waals surface area contributed by atoms with Crippen LogP contribution in [0.25, 0.3) is 111 Å². The Morgan fingerprint density at radius 1 is 0.241 bits per heavy atom. The van der Waals surface area contributed by atoms with Crippen LogP contribution >= 0.6 is 0 Å². The molecule has 520 valence electrons. The molecule has 0 fully saturated rings. The molecule has 108 heavy (non-hydrogen) atoms. The van der Waals surface area contributed by atoms with E-state index < -0.39 is 6.17 Å². The number of fused-ring (bicyclic) bond motifs is 8. The molecule has 8 aromatic carbocycles. The molecular weight excluding hydrogens is 1340 g/mol. The zero-order valence-electron chi connectivity index (χ0n) is 58.7. The molecule has 12 aromatic heterocycles. The van der Waals surface area contributed by atoms with Crippen molar-refractivity contribution in [1.29, 1.82) is 0 Å². The van der Waals surface area contributed by atoms with Crippen LogP contribution in [0, 0.1) is 0 Å². The normalized spacial score (nSPS) is 12.5. The number of benzene rings is 8. The molecule has 0 spiro atoms. The molecule has 20 aromatic rings. The van der Waals surface area contributed by atoms with E-state index in [1.807, 2.05) is 214 Å². The van der Waals surface area contributed by atoms with E-state index in [1.54, 1.807) is 24.4 Å². The fourth-order valence-electron chi connectivity index (χ4n) is 13.2. The lowest BCUT2D eigenvalue weighted by molar-refractivity contribution is 0.377. The van der Waals surface area contributed by atoms with Gasteiger partial charge in [0.25, 0.3) is 0 Å². The average molecular weight is 1410 g/mol. The quantitative estimate of drug-likeness (QED) is 0.111. The van der Waals surface area contributed by atoms with Gasteiger partial charge in [-0.1, -0.05) is 191 Å². The van der Waals surface area contributed by atoms with Crippen LogP contribution in [0.4, 0.5) is 4.39 Å². The van der Waals surface area contributed by atoms with Gasteiger partial charge in [-0.3, -0.25) is 19.9 Å². The maximum Gasteiger partial charge on any atom is 0.193 e. The summed E-state index contributed by atoms with van der Waals surface area (Å²) < 4.78 is 22.3. The summed E-state index contributed by atoms with van der Waals surface area (Å²) in [4.78, 5) is 17.5. The smallest absolute Gasteiger partial charge is 0.193 e. The largest absolute Gasteiger partial charge is 0.256 e. The van der Waals surface area contributed by atoms with Gasteiger partial charge in [-0.05, 0) is 144 Å².